The second-order valence-electron chi connectivity index (χ2n) is 9.30. The molecule has 0 spiro atoms. The Kier molecular flexibility index (Phi) is 18.3. The zero-order valence-electron chi connectivity index (χ0n) is 19.6. The molecule has 3 N–H and O–H groups in total. The molecule has 4 nitrogen and oxygen atoms in total. The Labute approximate surface area is 181 Å². The lowest BCUT2D eigenvalue weighted by Gasteiger charge is -2.32. The number of piperidine rings is 1. The van der Waals surface area contributed by atoms with Crippen molar-refractivity contribution >= 4 is 0 Å². The maximum atomic E-state index is 10.1. The van der Waals surface area contributed by atoms with E-state index in [9.17, 15) is 5.11 Å². The van der Waals surface area contributed by atoms with Gasteiger partial charge in [0.25, 0.3) is 0 Å². The Morgan fingerprint density at radius 2 is 1.31 bits per heavy atom. The summed E-state index contributed by atoms with van der Waals surface area (Å²) >= 11 is 0. The lowest BCUT2D eigenvalue weighted by atomic mass is 9.97. The number of likely N-dealkylation sites (tertiary alicyclic amines) is 1. The lowest BCUT2D eigenvalue weighted by molar-refractivity contribution is 0.00986. The molecule has 0 radical (unpaired) electrons. The summed E-state index contributed by atoms with van der Waals surface area (Å²) < 4.78 is 5.69. The Morgan fingerprint density at radius 3 is 1.79 bits per heavy atom. The lowest BCUT2D eigenvalue weighted by Crippen LogP contribution is -2.41. The van der Waals surface area contributed by atoms with Crippen LogP contribution in [-0.2, 0) is 4.74 Å². The zero-order chi connectivity index (χ0) is 21.0. The fourth-order valence-electron chi connectivity index (χ4n) is 4.37. The molecular weight excluding hydrogens is 360 g/mol. The highest BCUT2D eigenvalue weighted by Crippen LogP contribution is 2.16. The van der Waals surface area contributed by atoms with Crippen molar-refractivity contribution in [2.45, 2.75) is 116 Å². The second kappa shape index (κ2) is 19.8. The van der Waals surface area contributed by atoms with Crippen molar-refractivity contribution in [3.63, 3.8) is 0 Å². The molecule has 1 heterocycles. The molecule has 1 atom stereocenters. The van der Waals surface area contributed by atoms with E-state index in [1.807, 2.05) is 0 Å². The number of nitrogens with zero attached hydrogens (tertiary/aromatic N) is 1. The van der Waals surface area contributed by atoms with Crippen LogP contribution >= 0.6 is 0 Å². The van der Waals surface area contributed by atoms with Gasteiger partial charge in [-0.2, -0.15) is 0 Å². The smallest absolute Gasteiger partial charge is 0.0900 e. The van der Waals surface area contributed by atoms with Crippen LogP contribution in [-0.4, -0.2) is 55.5 Å². The van der Waals surface area contributed by atoms with E-state index < -0.39 is 0 Å². The highest BCUT2D eigenvalue weighted by Gasteiger charge is 2.19. The van der Waals surface area contributed by atoms with Gasteiger partial charge in [-0.05, 0) is 44.8 Å². The average molecular weight is 413 g/mol. The van der Waals surface area contributed by atoms with Crippen molar-refractivity contribution in [3.8, 4) is 0 Å². The minimum absolute atomic E-state index is 0.351. The van der Waals surface area contributed by atoms with Crippen LogP contribution in [0, 0.1) is 5.92 Å². The first-order valence-electron chi connectivity index (χ1n) is 12.9. The van der Waals surface area contributed by atoms with Gasteiger partial charge in [-0.15, -0.1) is 0 Å². The monoisotopic (exact) mass is 412 g/mol. The summed E-state index contributed by atoms with van der Waals surface area (Å²) in [5.41, 5.74) is 5.74. The van der Waals surface area contributed by atoms with Crippen LogP contribution in [0.1, 0.15) is 110 Å². The number of unbranched alkanes of at least 4 members (excludes halogenated alkanes) is 13. The van der Waals surface area contributed by atoms with Gasteiger partial charge in [-0.25, -0.2) is 0 Å². The number of β-amino-alcohol motifs (C(OH)–C–C–N with tert-alkyl or cyclic N) is 1. The van der Waals surface area contributed by atoms with E-state index in [1.54, 1.807) is 0 Å². The van der Waals surface area contributed by atoms with Crippen molar-refractivity contribution in [1.82, 2.24) is 4.90 Å². The largest absolute Gasteiger partial charge is 0.389 e. The third-order valence-electron chi connectivity index (χ3n) is 6.46. The number of rotatable bonds is 20. The predicted molar refractivity (Wildman–Crippen MR) is 125 cm³/mol. The SMILES string of the molecule is CCCCCCCCCCCCCCCCOCC(O)CN1CCC(CN)CC1. The van der Waals surface area contributed by atoms with E-state index in [1.165, 1.54) is 96.3 Å². The summed E-state index contributed by atoms with van der Waals surface area (Å²) in [5.74, 6) is 0.681. The molecule has 0 bridgehead atoms. The van der Waals surface area contributed by atoms with Gasteiger partial charge in [-0.3, -0.25) is 0 Å². The topological polar surface area (TPSA) is 58.7 Å². The standard InChI is InChI=1S/C25H52N2O2/c1-2-3-4-5-6-7-8-9-10-11-12-13-14-15-20-29-23-25(28)22-27-18-16-24(21-26)17-19-27/h24-25,28H,2-23,26H2,1H3. The van der Waals surface area contributed by atoms with Gasteiger partial charge < -0.3 is 20.5 Å². The summed E-state index contributed by atoms with van der Waals surface area (Å²) in [6.45, 7) is 7.25. The van der Waals surface area contributed by atoms with Gasteiger partial charge in [0.05, 0.1) is 12.7 Å². The van der Waals surface area contributed by atoms with Gasteiger partial charge in [0.2, 0.25) is 0 Å². The van der Waals surface area contributed by atoms with Crippen LogP contribution in [0.3, 0.4) is 0 Å². The van der Waals surface area contributed by atoms with Crippen molar-refractivity contribution in [3.05, 3.63) is 0 Å². The molecule has 1 unspecified atom stereocenters. The fraction of sp³-hybridized carbons (Fsp3) is 1.00. The van der Waals surface area contributed by atoms with Gasteiger partial charge >= 0.3 is 0 Å². The third-order valence-corrected chi connectivity index (χ3v) is 6.46. The summed E-state index contributed by atoms with van der Waals surface area (Å²) in [7, 11) is 0. The first-order chi connectivity index (χ1) is 14.3. The number of nitrogens with two attached hydrogens (primary N) is 1. The molecule has 1 aliphatic heterocycles. The van der Waals surface area contributed by atoms with Crippen LogP contribution < -0.4 is 5.73 Å². The molecule has 4 heteroatoms. The van der Waals surface area contributed by atoms with E-state index in [-0.39, 0.29) is 6.10 Å². The van der Waals surface area contributed by atoms with E-state index in [0.717, 1.165) is 39.2 Å². The molecular formula is C25H52N2O2. The summed E-state index contributed by atoms with van der Waals surface area (Å²) in [6.07, 6.45) is 21.3. The molecule has 1 aliphatic rings. The van der Waals surface area contributed by atoms with E-state index >= 15 is 0 Å². The van der Waals surface area contributed by atoms with Gasteiger partial charge in [0, 0.05) is 13.2 Å². The number of ether oxygens (including phenoxy) is 1. The summed E-state index contributed by atoms with van der Waals surface area (Å²) in [6, 6.07) is 0. The Bertz CT molecular complexity index is 333. The number of aliphatic hydroxyl groups excluding tert-OH is 1. The van der Waals surface area contributed by atoms with Crippen LogP contribution in [0.5, 0.6) is 0 Å². The van der Waals surface area contributed by atoms with Crippen molar-refractivity contribution < 1.29 is 9.84 Å². The number of hydrogen-bond donors (Lipinski definition) is 2. The third kappa shape index (κ3) is 16.2. The van der Waals surface area contributed by atoms with Crippen molar-refractivity contribution in [2.24, 2.45) is 11.7 Å². The average Bonchev–Trinajstić information content (AvgIpc) is 2.74. The molecule has 1 rings (SSSR count). The van der Waals surface area contributed by atoms with Crippen molar-refractivity contribution in [2.75, 3.05) is 39.4 Å². The molecule has 174 valence electrons. The van der Waals surface area contributed by atoms with Crippen LogP contribution in [0.15, 0.2) is 0 Å². The van der Waals surface area contributed by atoms with E-state index in [4.69, 9.17) is 10.5 Å². The molecule has 0 amide bonds. The maximum absolute atomic E-state index is 10.1. The van der Waals surface area contributed by atoms with Gasteiger partial charge in [0.1, 0.15) is 0 Å². The Morgan fingerprint density at radius 1 is 0.828 bits per heavy atom. The van der Waals surface area contributed by atoms with E-state index in [2.05, 4.69) is 11.8 Å². The minimum Gasteiger partial charge on any atom is -0.389 e. The quantitative estimate of drug-likeness (QED) is 0.259. The second-order valence-corrected chi connectivity index (χ2v) is 9.30. The Hall–Kier alpha value is -0.160. The minimum atomic E-state index is -0.351. The highest BCUT2D eigenvalue weighted by molar-refractivity contribution is 4.74. The molecule has 29 heavy (non-hydrogen) atoms. The molecule has 0 aromatic carbocycles. The maximum Gasteiger partial charge on any atom is 0.0900 e. The van der Waals surface area contributed by atoms with Gasteiger partial charge in [0.15, 0.2) is 0 Å². The zero-order valence-corrected chi connectivity index (χ0v) is 19.6. The molecule has 1 saturated heterocycles. The fourth-order valence-corrected chi connectivity index (χ4v) is 4.37. The van der Waals surface area contributed by atoms with Crippen LogP contribution in [0.4, 0.5) is 0 Å². The first-order valence-corrected chi connectivity index (χ1v) is 12.9. The van der Waals surface area contributed by atoms with E-state index in [0.29, 0.717) is 12.5 Å². The number of hydrogen-bond acceptors (Lipinski definition) is 4. The molecule has 0 saturated carbocycles. The Balaban J connectivity index is 1.75. The predicted octanol–water partition coefficient (Wildman–Crippen LogP) is 5.52. The van der Waals surface area contributed by atoms with Crippen LogP contribution in [0.2, 0.25) is 0 Å². The van der Waals surface area contributed by atoms with Crippen molar-refractivity contribution in [1.29, 1.82) is 0 Å². The van der Waals surface area contributed by atoms with Gasteiger partial charge in [-0.1, -0.05) is 90.4 Å². The molecule has 1 fully saturated rings. The summed E-state index contributed by atoms with van der Waals surface area (Å²) in [5, 5.41) is 10.1. The molecule has 0 aliphatic carbocycles. The van der Waals surface area contributed by atoms with Crippen LogP contribution in [0.25, 0.3) is 0 Å². The molecule has 0 aromatic rings. The highest BCUT2D eigenvalue weighted by atomic mass is 16.5. The normalized spacial score (nSPS) is 17.1. The summed E-state index contributed by atoms with van der Waals surface area (Å²) in [4.78, 5) is 2.35. The molecule has 0 aromatic heterocycles. The number of aliphatic hydroxyl groups is 1. The first kappa shape index (κ1) is 26.9.